The Kier molecular flexibility index (Phi) is 5.55. The van der Waals surface area contributed by atoms with Crippen molar-refractivity contribution >= 4 is 28.0 Å². The van der Waals surface area contributed by atoms with Crippen LogP contribution in [0.3, 0.4) is 0 Å². The molecule has 0 bridgehead atoms. The van der Waals surface area contributed by atoms with Gasteiger partial charge in [-0.2, -0.15) is 18.3 Å². The summed E-state index contributed by atoms with van der Waals surface area (Å²) in [5.41, 5.74) is 4.49. The number of benzene rings is 1. The largest absolute Gasteiger partial charge is 0.417 e. The van der Waals surface area contributed by atoms with Gasteiger partial charge < -0.3 is 4.57 Å². The summed E-state index contributed by atoms with van der Waals surface area (Å²) in [6.07, 6.45) is -2.19. The van der Waals surface area contributed by atoms with Crippen LogP contribution in [0.1, 0.15) is 22.5 Å². The van der Waals surface area contributed by atoms with Crippen LogP contribution in [0, 0.1) is 19.7 Å². The number of halogens is 5. The van der Waals surface area contributed by atoms with Crippen molar-refractivity contribution in [3.63, 3.8) is 0 Å². The number of hydrazone groups is 1. The fourth-order valence-corrected chi connectivity index (χ4v) is 3.08. The van der Waals surface area contributed by atoms with Gasteiger partial charge in [-0.05, 0) is 50.2 Å². The molecule has 146 valence electrons. The Morgan fingerprint density at radius 3 is 2.50 bits per heavy atom. The first-order valence-corrected chi connectivity index (χ1v) is 8.93. The Morgan fingerprint density at radius 1 is 1.14 bits per heavy atom. The summed E-state index contributed by atoms with van der Waals surface area (Å²) in [6, 6.07) is 8.77. The van der Waals surface area contributed by atoms with Gasteiger partial charge in [-0.25, -0.2) is 9.37 Å². The lowest BCUT2D eigenvalue weighted by atomic mass is 10.2. The second-order valence-electron chi connectivity index (χ2n) is 6.06. The minimum atomic E-state index is -4.44. The lowest BCUT2D eigenvalue weighted by molar-refractivity contribution is -0.137. The molecule has 0 radical (unpaired) electrons. The van der Waals surface area contributed by atoms with E-state index in [4.69, 9.17) is 0 Å². The van der Waals surface area contributed by atoms with Crippen molar-refractivity contribution in [3.8, 4) is 5.69 Å². The molecule has 0 fully saturated rings. The van der Waals surface area contributed by atoms with Crippen LogP contribution >= 0.6 is 15.9 Å². The monoisotopic (exact) mass is 454 g/mol. The van der Waals surface area contributed by atoms with Gasteiger partial charge in [0.05, 0.1) is 17.5 Å². The van der Waals surface area contributed by atoms with E-state index >= 15 is 0 Å². The van der Waals surface area contributed by atoms with Gasteiger partial charge in [0.2, 0.25) is 0 Å². The van der Waals surface area contributed by atoms with Crippen LogP contribution in [0.2, 0.25) is 0 Å². The maximum absolute atomic E-state index is 14.3. The van der Waals surface area contributed by atoms with Crippen LogP contribution in [-0.2, 0) is 6.18 Å². The minimum Gasteiger partial charge on any atom is -0.315 e. The summed E-state index contributed by atoms with van der Waals surface area (Å²) in [5, 5.41) is 4.02. The van der Waals surface area contributed by atoms with Crippen molar-refractivity contribution < 1.29 is 17.6 Å². The topological polar surface area (TPSA) is 42.2 Å². The smallest absolute Gasteiger partial charge is 0.315 e. The molecule has 0 spiro atoms. The number of anilines is 1. The zero-order valence-corrected chi connectivity index (χ0v) is 16.4. The molecule has 0 unspecified atom stereocenters. The zero-order valence-electron chi connectivity index (χ0n) is 14.9. The van der Waals surface area contributed by atoms with Crippen molar-refractivity contribution in [2.24, 2.45) is 5.10 Å². The average Bonchev–Trinajstić information content (AvgIpc) is 2.89. The number of rotatable bonds is 4. The molecule has 0 aliphatic rings. The van der Waals surface area contributed by atoms with Crippen LogP contribution in [0.4, 0.5) is 23.4 Å². The van der Waals surface area contributed by atoms with Crippen molar-refractivity contribution in [3.05, 3.63) is 75.4 Å². The van der Waals surface area contributed by atoms with E-state index in [1.165, 1.54) is 18.3 Å². The zero-order chi connectivity index (χ0) is 20.5. The van der Waals surface area contributed by atoms with Gasteiger partial charge in [-0.15, -0.1) is 0 Å². The number of hydrogen-bond donors (Lipinski definition) is 1. The number of aromatic nitrogens is 2. The van der Waals surface area contributed by atoms with Crippen molar-refractivity contribution in [1.29, 1.82) is 0 Å². The molecule has 1 aromatic carbocycles. The highest BCUT2D eigenvalue weighted by Gasteiger charge is 2.30. The molecule has 3 aromatic rings. The SMILES string of the molecule is Cc1cc(/C=N\Nc2ccc(C(F)(F)F)cn2)c(C)n1-c1ccc(Br)cc1F. The predicted molar refractivity (Wildman–Crippen MR) is 103 cm³/mol. The quantitative estimate of drug-likeness (QED) is 0.305. The molecule has 4 nitrogen and oxygen atoms in total. The molecule has 0 saturated heterocycles. The van der Waals surface area contributed by atoms with Gasteiger partial charge in [0.25, 0.3) is 0 Å². The molecule has 0 saturated carbocycles. The molecule has 0 atom stereocenters. The van der Waals surface area contributed by atoms with E-state index < -0.39 is 11.7 Å². The Labute approximate surface area is 167 Å². The first-order chi connectivity index (χ1) is 13.2. The number of alkyl halides is 3. The number of nitrogens with zero attached hydrogens (tertiary/aromatic N) is 3. The first-order valence-electron chi connectivity index (χ1n) is 8.13. The summed E-state index contributed by atoms with van der Waals surface area (Å²) in [7, 11) is 0. The number of pyridine rings is 1. The van der Waals surface area contributed by atoms with Crippen LogP contribution < -0.4 is 5.43 Å². The molecule has 28 heavy (non-hydrogen) atoms. The summed E-state index contributed by atoms with van der Waals surface area (Å²) in [6.45, 7) is 3.67. The lowest BCUT2D eigenvalue weighted by Gasteiger charge is -2.11. The molecule has 9 heteroatoms. The lowest BCUT2D eigenvalue weighted by Crippen LogP contribution is -2.05. The number of nitrogens with one attached hydrogen (secondary N) is 1. The third kappa shape index (κ3) is 4.24. The third-order valence-corrected chi connectivity index (χ3v) is 4.59. The van der Waals surface area contributed by atoms with E-state index in [2.05, 4.69) is 31.4 Å². The van der Waals surface area contributed by atoms with Gasteiger partial charge in [0.1, 0.15) is 11.6 Å². The van der Waals surface area contributed by atoms with Crippen LogP contribution in [0.5, 0.6) is 0 Å². The van der Waals surface area contributed by atoms with Gasteiger partial charge in [0, 0.05) is 27.6 Å². The highest BCUT2D eigenvalue weighted by atomic mass is 79.9. The summed E-state index contributed by atoms with van der Waals surface area (Å²) >= 11 is 3.24. The van der Waals surface area contributed by atoms with E-state index in [1.54, 1.807) is 16.7 Å². The maximum Gasteiger partial charge on any atom is 0.417 e. The van der Waals surface area contributed by atoms with Crippen LogP contribution in [0.15, 0.2) is 52.2 Å². The molecule has 2 aromatic heterocycles. The molecular weight excluding hydrogens is 440 g/mol. The van der Waals surface area contributed by atoms with Crippen LogP contribution in [0.25, 0.3) is 5.69 Å². The number of hydrogen-bond acceptors (Lipinski definition) is 3. The van der Waals surface area contributed by atoms with E-state index in [-0.39, 0.29) is 11.6 Å². The molecule has 1 N–H and O–H groups in total. The molecule has 2 heterocycles. The van der Waals surface area contributed by atoms with Crippen LogP contribution in [-0.4, -0.2) is 15.8 Å². The second-order valence-corrected chi connectivity index (χ2v) is 6.97. The van der Waals surface area contributed by atoms with E-state index in [0.29, 0.717) is 10.2 Å². The fourth-order valence-electron chi connectivity index (χ4n) is 2.75. The normalized spacial score (nSPS) is 12.0. The van der Waals surface area contributed by atoms with Gasteiger partial charge in [-0.3, -0.25) is 5.43 Å². The molecule has 3 rings (SSSR count). The standard InChI is InChI=1S/C19H15BrF4N4/c1-11-7-13(12(2)28(11)17-5-4-15(20)8-16(17)21)9-26-27-18-6-3-14(10-25-18)19(22,23)24/h3-10H,1-2H3,(H,25,27)/b26-9-. The average molecular weight is 455 g/mol. The number of aryl methyl sites for hydroxylation is 1. The van der Waals surface area contributed by atoms with Crippen molar-refractivity contribution in [2.75, 3.05) is 5.43 Å². The Morgan fingerprint density at radius 2 is 1.89 bits per heavy atom. The minimum absolute atomic E-state index is 0.178. The van der Waals surface area contributed by atoms with Crippen molar-refractivity contribution in [1.82, 2.24) is 9.55 Å². The summed E-state index contributed by atoms with van der Waals surface area (Å²) < 4.78 is 54.4. The van der Waals surface area contributed by atoms with E-state index in [9.17, 15) is 17.6 Å². The summed E-state index contributed by atoms with van der Waals surface area (Å²) in [5.74, 6) is -0.191. The maximum atomic E-state index is 14.3. The first kappa shape index (κ1) is 20.1. The highest BCUT2D eigenvalue weighted by molar-refractivity contribution is 9.10. The molecule has 0 amide bonds. The summed E-state index contributed by atoms with van der Waals surface area (Å²) in [4.78, 5) is 3.68. The second kappa shape index (κ2) is 7.75. The molecule has 0 aliphatic carbocycles. The molecular formula is C19H15BrF4N4. The third-order valence-electron chi connectivity index (χ3n) is 4.09. The highest BCUT2D eigenvalue weighted by Crippen LogP contribution is 2.29. The van der Waals surface area contributed by atoms with E-state index in [0.717, 1.165) is 29.2 Å². The predicted octanol–water partition coefficient (Wildman–Crippen LogP) is 5.86. The van der Waals surface area contributed by atoms with Crippen molar-refractivity contribution in [2.45, 2.75) is 20.0 Å². The Bertz CT molecular complexity index is 1020. The van der Waals surface area contributed by atoms with Gasteiger partial charge in [0.15, 0.2) is 0 Å². The fraction of sp³-hybridized carbons (Fsp3) is 0.158. The van der Waals surface area contributed by atoms with Gasteiger partial charge >= 0.3 is 6.18 Å². The molecule has 0 aliphatic heterocycles. The van der Waals surface area contributed by atoms with E-state index in [1.807, 2.05) is 19.9 Å². The Hall–Kier alpha value is -2.68. The van der Waals surface area contributed by atoms with Gasteiger partial charge in [-0.1, -0.05) is 15.9 Å². The Balaban J connectivity index is 1.80.